The Morgan fingerprint density at radius 2 is 2.07 bits per heavy atom. The standard InChI is InChI=1S/C11H21NO2/c1-11(2,3)14-10(13)9(12)7-8-5-4-6-8/h8-9H,4-7,12H2,1-3H3. The van der Waals surface area contributed by atoms with Crippen molar-refractivity contribution >= 4 is 5.97 Å². The second kappa shape index (κ2) is 4.30. The largest absolute Gasteiger partial charge is 0.459 e. The van der Waals surface area contributed by atoms with E-state index in [1.54, 1.807) is 0 Å². The number of carbonyl (C=O) groups excluding carboxylic acids is 1. The third-order valence-electron chi connectivity index (χ3n) is 2.52. The summed E-state index contributed by atoms with van der Waals surface area (Å²) in [7, 11) is 0. The molecule has 14 heavy (non-hydrogen) atoms. The Labute approximate surface area is 86.0 Å². The first kappa shape index (κ1) is 11.5. The van der Waals surface area contributed by atoms with Crippen molar-refractivity contribution in [1.29, 1.82) is 0 Å². The molecular weight excluding hydrogens is 178 g/mol. The van der Waals surface area contributed by atoms with Gasteiger partial charge in [0.15, 0.2) is 0 Å². The number of esters is 1. The highest BCUT2D eigenvalue weighted by atomic mass is 16.6. The van der Waals surface area contributed by atoms with E-state index in [0.29, 0.717) is 5.92 Å². The molecule has 0 saturated heterocycles. The summed E-state index contributed by atoms with van der Waals surface area (Å²) in [5.41, 5.74) is 5.34. The van der Waals surface area contributed by atoms with Crippen molar-refractivity contribution in [3.05, 3.63) is 0 Å². The number of ether oxygens (including phenoxy) is 1. The molecule has 0 heterocycles. The Hall–Kier alpha value is -0.570. The summed E-state index contributed by atoms with van der Waals surface area (Å²) in [5, 5.41) is 0. The zero-order valence-corrected chi connectivity index (χ0v) is 9.38. The Balaban J connectivity index is 2.28. The Bertz CT molecular complexity index is 204. The highest BCUT2D eigenvalue weighted by Crippen LogP contribution is 2.30. The van der Waals surface area contributed by atoms with Crippen molar-refractivity contribution in [2.75, 3.05) is 0 Å². The number of hydrogen-bond acceptors (Lipinski definition) is 3. The van der Waals surface area contributed by atoms with Gasteiger partial charge in [-0.05, 0) is 33.1 Å². The minimum absolute atomic E-state index is 0.260. The average molecular weight is 199 g/mol. The minimum Gasteiger partial charge on any atom is -0.459 e. The fourth-order valence-electron chi connectivity index (χ4n) is 1.56. The predicted octanol–water partition coefficient (Wildman–Crippen LogP) is 1.85. The first-order valence-corrected chi connectivity index (χ1v) is 5.37. The maximum Gasteiger partial charge on any atom is 0.323 e. The molecule has 0 aliphatic heterocycles. The summed E-state index contributed by atoms with van der Waals surface area (Å²) >= 11 is 0. The van der Waals surface area contributed by atoms with Gasteiger partial charge in [0.25, 0.3) is 0 Å². The molecule has 1 saturated carbocycles. The van der Waals surface area contributed by atoms with Crippen LogP contribution in [-0.2, 0) is 9.53 Å². The van der Waals surface area contributed by atoms with E-state index in [1.165, 1.54) is 19.3 Å². The summed E-state index contributed by atoms with van der Waals surface area (Å²) in [5.74, 6) is 0.391. The molecule has 0 aromatic carbocycles. The van der Waals surface area contributed by atoms with Crippen molar-refractivity contribution in [1.82, 2.24) is 0 Å². The molecule has 0 aromatic heterocycles. The molecule has 1 unspecified atom stereocenters. The second-order valence-electron chi connectivity index (χ2n) is 5.17. The normalized spacial score (nSPS) is 20.0. The molecule has 1 atom stereocenters. The topological polar surface area (TPSA) is 52.3 Å². The first-order chi connectivity index (χ1) is 6.38. The van der Waals surface area contributed by atoms with Gasteiger partial charge in [0, 0.05) is 0 Å². The fraction of sp³-hybridized carbons (Fsp3) is 0.909. The Morgan fingerprint density at radius 3 is 2.43 bits per heavy atom. The molecule has 3 heteroatoms. The van der Waals surface area contributed by atoms with E-state index < -0.39 is 11.6 Å². The smallest absolute Gasteiger partial charge is 0.323 e. The predicted molar refractivity (Wildman–Crippen MR) is 55.8 cm³/mol. The summed E-state index contributed by atoms with van der Waals surface area (Å²) < 4.78 is 5.21. The Morgan fingerprint density at radius 1 is 1.50 bits per heavy atom. The first-order valence-electron chi connectivity index (χ1n) is 5.37. The van der Waals surface area contributed by atoms with Gasteiger partial charge in [0.2, 0.25) is 0 Å². The number of nitrogens with two attached hydrogens (primary N) is 1. The monoisotopic (exact) mass is 199 g/mol. The van der Waals surface area contributed by atoms with Gasteiger partial charge >= 0.3 is 5.97 Å². The zero-order valence-electron chi connectivity index (χ0n) is 9.38. The molecule has 0 aromatic rings. The summed E-state index contributed by atoms with van der Waals surface area (Å²) in [4.78, 5) is 11.5. The average Bonchev–Trinajstić information content (AvgIpc) is 1.92. The van der Waals surface area contributed by atoms with Crippen molar-refractivity contribution in [3.8, 4) is 0 Å². The van der Waals surface area contributed by atoms with Crippen LogP contribution in [0.15, 0.2) is 0 Å². The van der Waals surface area contributed by atoms with Gasteiger partial charge in [-0.15, -0.1) is 0 Å². The highest BCUT2D eigenvalue weighted by Gasteiger charge is 2.27. The van der Waals surface area contributed by atoms with Crippen LogP contribution in [-0.4, -0.2) is 17.6 Å². The van der Waals surface area contributed by atoms with Crippen LogP contribution in [0.1, 0.15) is 46.5 Å². The van der Waals surface area contributed by atoms with E-state index in [9.17, 15) is 4.79 Å². The van der Waals surface area contributed by atoms with Gasteiger partial charge in [-0.2, -0.15) is 0 Å². The lowest BCUT2D eigenvalue weighted by molar-refractivity contribution is -0.157. The molecule has 1 fully saturated rings. The molecule has 1 aliphatic rings. The lowest BCUT2D eigenvalue weighted by atomic mass is 9.81. The molecule has 2 N–H and O–H groups in total. The SMILES string of the molecule is CC(C)(C)OC(=O)C(N)CC1CCC1. The summed E-state index contributed by atoms with van der Waals surface area (Å²) in [6, 6.07) is -0.431. The van der Waals surface area contributed by atoms with Crippen molar-refractivity contribution < 1.29 is 9.53 Å². The third kappa shape index (κ3) is 3.66. The van der Waals surface area contributed by atoms with E-state index in [2.05, 4.69) is 0 Å². The highest BCUT2D eigenvalue weighted by molar-refractivity contribution is 5.75. The van der Waals surface area contributed by atoms with E-state index in [0.717, 1.165) is 6.42 Å². The molecular formula is C11H21NO2. The van der Waals surface area contributed by atoms with Crippen LogP contribution in [0.5, 0.6) is 0 Å². The molecule has 0 bridgehead atoms. The maximum absolute atomic E-state index is 11.5. The van der Waals surface area contributed by atoms with Crippen molar-refractivity contribution in [3.63, 3.8) is 0 Å². The van der Waals surface area contributed by atoms with Gasteiger partial charge < -0.3 is 10.5 Å². The maximum atomic E-state index is 11.5. The summed E-state index contributed by atoms with van der Waals surface area (Å²) in [6.07, 6.45) is 4.51. The van der Waals surface area contributed by atoms with Crippen LogP contribution in [0.3, 0.4) is 0 Å². The Kier molecular flexibility index (Phi) is 3.53. The minimum atomic E-state index is -0.431. The van der Waals surface area contributed by atoms with Crippen LogP contribution in [0.2, 0.25) is 0 Å². The fourth-order valence-corrected chi connectivity index (χ4v) is 1.56. The van der Waals surface area contributed by atoms with Gasteiger partial charge in [-0.3, -0.25) is 4.79 Å². The van der Waals surface area contributed by atoms with Gasteiger partial charge in [0.1, 0.15) is 11.6 Å². The number of rotatable bonds is 3. The molecule has 1 rings (SSSR count). The third-order valence-corrected chi connectivity index (χ3v) is 2.52. The van der Waals surface area contributed by atoms with Gasteiger partial charge in [-0.25, -0.2) is 0 Å². The van der Waals surface area contributed by atoms with Crippen molar-refractivity contribution in [2.45, 2.75) is 58.1 Å². The van der Waals surface area contributed by atoms with Crippen LogP contribution in [0.4, 0.5) is 0 Å². The van der Waals surface area contributed by atoms with E-state index in [-0.39, 0.29) is 5.97 Å². The molecule has 0 radical (unpaired) electrons. The number of carbonyl (C=O) groups is 1. The molecule has 1 aliphatic carbocycles. The van der Waals surface area contributed by atoms with Crippen LogP contribution in [0, 0.1) is 5.92 Å². The lowest BCUT2D eigenvalue weighted by Crippen LogP contribution is -2.39. The molecule has 3 nitrogen and oxygen atoms in total. The lowest BCUT2D eigenvalue weighted by Gasteiger charge is -2.28. The quantitative estimate of drug-likeness (QED) is 0.706. The van der Waals surface area contributed by atoms with Crippen LogP contribution < -0.4 is 5.73 Å². The van der Waals surface area contributed by atoms with E-state index >= 15 is 0 Å². The van der Waals surface area contributed by atoms with Crippen LogP contribution in [0.25, 0.3) is 0 Å². The van der Waals surface area contributed by atoms with Crippen LogP contribution >= 0.6 is 0 Å². The van der Waals surface area contributed by atoms with Gasteiger partial charge in [-0.1, -0.05) is 19.3 Å². The van der Waals surface area contributed by atoms with Gasteiger partial charge in [0.05, 0.1) is 0 Å². The number of hydrogen-bond donors (Lipinski definition) is 1. The molecule has 0 spiro atoms. The zero-order chi connectivity index (χ0) is 10.8. The summed E-state index contributed by atoms with van der Waals surface area (Å²) in [6.45, 7) is 5.59. The van der Waals surface area contributed by atoms with E-state index in [4.69, 9.17) is 10.5 Å². The van der Waals surface area contributed by atoms with E-state index in [1.807, 2.05) is 20.8 Å². The molecule has 0 amide bonds. The van der Waals surface area contributed by atoms with Crippen molar-refractivity contribution in [2.24, 2.45) is 11.7 Å². The second-order valence-corrected chi connectivity index (χ2v) is 5.17. The molecule has 82 valence electrons.